The van der Waals surface area contributed by atoms with Gasteiger partial charge in [-0.25, -0.2) is 0 Å². The highest BCUT2D eigenvalue weighted by molar-refractivity contribution is 6.05. The zero-order chi connectivity index (χ0) is 28.6. The molecule has 1 aliphatic rings. The van der Waals surface area contributed by atoms with Gasteiger partial charge < -0.3 is 29.6 Å². The molecule has 2 amide bonds. The smallest absolute Gasteiger partial charge is 0.254 e. The van der Waals surface area contributed by atoms with E-state index in [-0.39, 0.29) is 37.9 Å². The molecule has 0 aromatic heterocycles. The number of rotatable bonds is 10. The maximum atomic E-state index is 13.5. The third kappa shape index (κ3) is 6.79. The molecular weight excluding hydrogens is 510 g/mol. The molecule has 1 unspecified atom stereocenters. The maximum absolute atomic E-state index is 13.5. The van der Waals surface area contributed by atoms with Crippen molar-refractivity contribution in [1.82, 2.24) is 10.2 Å². The molecule has 0 saturated carbocycles. The van der Waals surface area contributed by atoms with Crippen molar-refractivity contribution in [1.29, 1.82) is 0 Å². The number of hydrogen-bond donors (Lipinski definition) is 2. The van der Waals surface area contributed by atoms with E-state index in [1.807, 2.05) is 18.2 Å². The summed E-state index contributed by atoms with van der Waals surface area (Å²) < 4.78 is 10.7. The van der Waals surface area contributed by atoms with Crippen molar-refractivity contribution >= 4 is 17.5 Å². The molecule has 3 aromatic rings. The minimum atomic E-state index is -0.943. The van der Waals surface area contributed by atoms with Crippen molar-refractivity contribution in [2.24, 2.45) is 5.16 Å². The minimum absolute atomic E-state index is 0.0108. The van der Waals surface area contributed by atoms with Crippen LogP contribution >= 0.6 is 0 Å². The third-order valence-electron chi connectivity index (χ3n) is 7.00. The fourth-order valence-corrected chi connectivity index (χ4v) is 4.63. The number of ether oxygens (including phenoxy) is 2. The summed E-state index contributed by atoms with van der Waals surface area (Å²) in [4.78, 5) is 33.0. The van der Waals surface area contributed by atoms with Crippen molar-refractivity contribution < 1.29 is 29.0 Å². The van der Waals surface area contributed by atoms with Gasteiger partial charge in [-0.1, -0.05) is 35.5 Å². The lowest BCUT2D eigenvalue weighted by atomic mass is 9.96. The number of aliphatic hydroxyl groups is 1. The second-order valence-corrected chi connectivity index (χ2v) is 9.70. The van der Waals surface area contributed by atoms with Crippen LogP contribution in [0.25, 0.3) is 11.1 Å². The Bertz CT molecular complexity index is 1350. The van der Waals surface area contributed by atoms with Crippen LogP contribution in [0.5, 0.6) is 11.5 Å². The van der Waals surface area contributed by atoms with Crippen LogP contribution in [-0.2, 0) is 9.63 Å². The second-order valence-electron chi connectivity index (χ2n) is 9.70. The number of nitrogens with one attached hydrogen (secondary N) is 1. The van der Waals surface area contributed by atoms with Gasteiger partial charge in [-0.05, 0) is 72.5 Å². The van der Waals surface area contributed by atoms with E-state index in [0.29, 0.717) is 22.8 Å². The average Bonchev–Trinajstić information content (AvgIpc) is 3.40. The van der Waals surface area contributed by atoms with Gasteiger partial charge in [0.2, 0.25) is 5.91 Å². The monoisotopic (exact) mass is 545 g/mol. The van der Waals surface area contributed by atoms with E-state index in [2.05, 4.69) is 36.5 Å². The molecule has 0 aliphatic carbocycles. The molecule has 1 saturated heterocycles. The Morgan fingerprint density at radius 1 is 1.02 bits per heavy atom. The number of hydrogen-bond acceptors (Lipinski definition) is 7. The van der Waals surface area contributed by atoms with Crippen molar-refractivity contribution in [2.45, 2.75) is 32.4 Å². The highest BCUT2D eigenvalue weighted by Crippen LogP contribution is 2.27. The predicted octanol–water partition coefficient (Wildman–Crippen LogP) is 3.75. The lowest BCUT2D eigenvalue weighted by Crippen LogP contribution is -2.48. The van der Waals surface area contributed by atoms with Crippen LogP contribution in [-0.4, -0.2) is 73.6 Å². The quantitative estimate of drug-likeness (QED) is 0.376. The molecule has 9 heteroatoms. The molecule has 1 heterocycles. The van der Waals surface area contributed by atoms with E-state index >= 15 is 0 Å². The van der Waals surface area contributed by atoms with Gasteiger partial charge in [-0.15, -0.1) is 0 Å². The molecule has 2 atom stereocenters. The highest BCUT2D eigenvalue weighted by Gasteiger charge is 2.38. The van der Waals surface area contributed by atoms with Gasteiger partial charge >= 0.3 is 0 Å². The first-order valence-corrected chi connectivity index (χ1v) is 13.1. The van der Waals surface area contributed by atoms with E-state index in [1.54, 1.807) is 43.5 Å². The number of carbonyl (C=O) groups is 2. The first kappa shape index (κ1) is 28.6. The van der Waals surface area contributed by atoms with E-state index < -0.39 is 12.1 Å². The van der Waals surface area contributed by atoms with Gasteiger partial charge in [0.05, 0.1) is 19.4 Å². The van der Waals surface area contributed by atoms with Crippen LogP contribution < -0.4 is 14.8 Å². The summed E-state index contributed by atoms with van der Waals surface area (Å²) in [6.07, 6.45) is -0.703. The van der Waals surface area contributed by atoms with Crippen LogP contribution in [0.1, 0.15) is 27.9 Å². The van der Waals surface area contributed by atoms with Crippen LogP contribution in [0.3, 0.4) is 0 Å². The van der Waals surface area contributed by atoms with Gasteiger partial charge in [0.15, 0.2) is 0 Å². The highest BCUT2D eigenvalue weighted by atomic mass is 16.6. The lowest BCUT2D eigenvalue weighted by Gasteiger charge is -2.24. The number of aryl methyl sites for hydroxylation is 1. The van der Waals surface area contributed by atoms with Crippen LogP contribution in [0.2, 0.25) is 0 Å². The van der Waals surface area contributed by atoms with Crippen molar-refractivity contribution in [3.63, 3.8) is 0 Å². The van der Waals surface area contributed by atoms with Crippen LogP contribution in [0.15, 0.2) is 71.9 Å². The van der Waals surface area contributed by atoms with Crippen molar-refractivity contribution in [3.8, 4) is 22.6 Å². The van der Waals surface area contributed by atoms with Crippen LogP contribution in [0, 0.1) is 13.8 Å². The van der Waals surface area contributed by atoms with Gasteiger partial charge in [0.25, 0.3) is 5.91 Å². The first-order chi connectivity index (χ1) is 19.3. The van der Waals surface area contributed by atoms with E-state index in [0.717, 1.165) is 11.1 Å². The van der Waals surface area contributed by atoms with E-state index in [1.165, 1.54) is 23.1 Å². The normalized spacial score (nSPS) is 16.5. The largest absolute Gasteiger partial charge is 0.497 e. The topological polar surface area (TPSA) is 110 Å². The number of aliphatic hydroxyl groups excluding tert-OH is 1. The van der Waals surface area contributed by atoms with Crippen LogP contribution in [0.4, 0.5) is 0 Å². The van der Waals surface area contributed by atoms with E-state index in [4.69, 9.17) is 14.3 Å². The zero-order valence-electron chi connectivity index (χ0n) is 23.2. The number of carbonyl (C=O) groups excluding carboxylic acids is 2. The average molecular weight is 546 g/mol. The lowest BCUT2D eigenvalue weighted by molar-refractivity contribution is -0.125. The molecule has 40 heavy (non-hydrogen) atoms. The molecular formula is C31H35N3O6. The Morgan fingerprint density at radius 2 is 1.73 bits per heavy atom. The Labute approximate surface area is 234 Å². The number of oxime groups is 1. The second kappa shape index (κ2) is 13.1. The molecule has 1 fully saturated rings. The predicted molar refractivity (Wildman–Crippen MR) is 153 cm³/mol. The standard InChI is InChI=1S/C31H35N3O6/c1-20-6-5-7-28(21(20)2)22-8-10-23(11-9-22)31(37)34-18-24(33-39-4)16-29(34)30(36)32-17-25(35)19-40-27-14-12-26(38-3)13-15-27/h5-15,25,29,35H,16-19H2,1-4H3,(H,32,36)/b33-24-/t25?,29-/m0/s1. The number of amides is 2. The van der Waals surface area contributed by atoms with E-state index in [9.17, 15) is 14.7 Å². The summed E-state index contributed by atoms with van der Waals surface area (Å²) in [5, 5.41) is 17.1. The number of methoxy groups -OCH3 is 1. The Hall–Kier alpha value is -4.37. The summed E-state index contributed by atoms with van der Waals surface area (Å²) >= 11 is 0. The molecule has 1 aliphatic heterocycles. The molecule has 0 bridgehead atoms. The number of likely N-dealkylation sites (tertiary alicyclic amines) is 1. The van der Waals surface area contributed by atoms with Gasteiger partial charge in [-0.2, -0.15) is 0 Å². The summed E-state index contributed by atoms with van der Waals surface area (Å²) in [6.45, 7) is 4.28. The molecule has 0 spiro atoms. The van der Waals surface area contributed by atoms with Gasteiger partial charge in [0.1, 0.15) is 37.4 Å². The van der Waals surface area contributed by atoms with Crippen molar-refractivity contribution in [3.05, 3.63) is 83.4 Å². The number of nitrogens with zero attached hydrogens (tertiary/aromatic N) is 2. The maximum Gasteiger partial charge on any atom is 0.254 e. The zero-order valence-corrected chi connectivity index (χ0v) is 23.2. The summed E-state index contributed by atoms with van der Waals surface area (Å²) in [5.74, 6) is 0.606. The van der Waals surface area contributed by atoms with Crippen molar-refractivity contribution in [2.75, 3.05) is 33.9 Å². The Morgan fingerprint density at radius 3 is 2.40 bits per heavy atom. The fourth-order valence-electron chi connectivity index (χ4n) is 4.63. The summed E-state index contributed by atoms with van der Waals surface area (Å²) in [6, 6.07) is 19.7. The first-order valence-electron chi connectivity index (χ1n) is 13.1. The molecule has 210 valence electrons. The molecule has 0 radical (unpaired) electrons. The third-order valence-corrected chi connectivity index (χ3v) is 7.00. The fraction of sp³-hybridized carbons (Fsp3) is 0.323. The SMILES string of the molecule is CO/N=C1/C[C@@H](C(=O)NCC(O)COc2ccc(OC)cc2)N(C(=O)c2ccc(-c3cccc(C)c3C)cc2)C1. The van der Waals surface area contributed by atoms with Gasteiger partial charge in [0, 0.05) is 18.5 Å². The summed E-state index contributed by atoms with van der Waals surface area (Å²) in [7, 11) is 3.01. The summed E-state index contributed by atoms with van der Waals surface area (Å²) in [5.41, 5.74) is 5.58. The molecule has 2 N–H and O–H groups in total. The molecule has 4 rings (SSSR count). The number of benzene rings is 3. The Balaban J connectivity index is 1.39. The minimum Gasteiger partial charge on any atom is -0.497 e. The molecule has 3 aromatic carbocycles. The molecule has 9 nitrogen and oxygen atoms in total. The Kier molecular flexibility index (Phi) is 9.39. The van der Waals surface area contributed by atoms with Gasteiger partial charge in [-0.3, -0.25) is 9.59 Å².